The normalized spacial score (nSPS) is 12.0. The molecule has 0 aromatic carbocycles. The summed E-state index contributed by atoms with van der Waals surface area (Å²) in [7, 11) is 0. The molecule has 10 heavy (non-hydrogen) atoms. The van der Waals surface area contributed by atoms with Gasteiger partial charge in [0.05, 0.1) is 6.61 Å². The molecule has 0 aliphatic heterocycles. The van der Waals surface area contributed by atoms with E-state index in [1.54, 1.807) is 0 Å². The summed E-state index contributed by atoms with van der Waals surface area (Å²) < 4.78 is 5.17. The maximum absolute atomic E-state index is 5.57. The molecular formula is C7H18N2O. The second-order valence-electron chi connectivity index (χ2n) is 2.55. The molecule has 0 aliphatic rings. The summed E-state index contributed by atoms with van der Waals surface area (Å²) in [5.74, 6) is -0.898. The SMILES string of the molecule is CCCOC(N)(N)CCC. The molecule has 0 unspecified atom stereocenters. The van der Waals surface area contributed by atoms with Crippen molar-refractivity contribution in [3.63, 3.8) is 0 Å². The third-order valence-corrected chi connectivity index (χ3v) is 1.22. The number of nitrogens with two attached hydrogens (primary N) is 2. The molecule has 0 aromatic rings. The van der Waals surface area contributed by atoms with Gasteiger partial charge in [0.15, 0.2) is 5.85 Å². The molecular weight excluding hydrogens is 128 g/mol. The predicted molar refractivity (Wildman–Crippen MR) is 42.3 cm³/mol. The van der Waals surface area contributed by atoms with Crippen molar-refractivity contribution in [1.82, 2.24) is 0 Å². The van der Waals surface area contributed by atoms with E-state index in [2.05, 4.69) is 0 Å². The Balaban J connectivity index is 3.42. The monoisotopic (exact) mass is 146 g/mol. The molecule has 3 nitrogen and oxygen atoms in total. The van der Waals surface area contributed by atoms with Crippen LogP contribution in [0.2, 0.25) is 0 Å². The van der Waals surface area contributed by atoms with Crippen molar-refractivity contribution in [1.29, 1.82) is 0 Å². The molecule has 0 saturated heterocycles. The van der Waals surface area contributed by atoms with E-state index in [0.29, 0.717) is 13.0 Å². The first-order valence-electron chi connectivity index (χ1n) is 3.84. The average Bonchev–Trinajstić information content (AvgIpc) is 1.84. The maximum atomic E-state index is 5.57. The van der Waals surface area contributed by atoms with Gasteiger partial charge in [-0.3, -0.25) is 11.5 Å². The predicted octanol–water partition coefficient (Wildman–Crippen LogP) is 0.784. The van der Waals surface area contributed by atoms with Gasteiger partial charge in [0.25, 0.3) is 0 Å². The average molecular weight is 146 g/mol. The van der Waals surface area contributed by atoms with E-state index < -0.39 is 5.85 Å². The quantitative estimate of drug-likeness (QED) is 0.563. The van der Waals surface area contributed by atoms with E-state index in [1.165, 1.54) is 0 Å². The molecule has 62 valence electrons. The van der Waals surface area contributed by atoms with Crippen molar-refractivity contribution < 1.29 is 4.74 Å². The fourth-order valence-corrected chi connectivity index (χ4v) is 0.755. The summed E-state index contributed by atoms with van der Waals surface area (Å²) in [4.78, 5) is 0. The van der Waals surface area contributed by atoms with Crippen LogP contribution in [0.4, 0.5) is 0 Å². The second kappa shape index (κ2) is 4.66. The van der Waals surface area contributed by atoms with Crippen LogP contribution in [0.15, 0.2) is 0 Å². The molecule has 3 heteroatoms. The van der Waals surface area contributed by atoms with Crippen molar-refractivity contribution >= 4 is 0 Å². The molecule has 0 fully saturated rings. The van der Waals surface area contributed by atoms with E-state index in [0.717, 1.165) is 12.8 Å². The van der Waals surface area contributed by atoms with Crippen LogP contribution in [-0.2, 0) is 4.74 Å². The van der Waals surface area contributed by atoms with Crippen LogP contribution in [0.5, 0.6) is 0 Å². The standard InChI is InChI=1S/C7H18N2O/c1-3-5-7(8,9)10-6-4-2/h3-6,8-9H2,1-2H3. The molecule has 0 atom stereocenters. The van der Waals surface area contributed by atoms with Crippen molar-refractivity contribution in [3.05, 3.63) is 0 Å². The number of hydrogen-bond donors (Lipinski definition) is 2. The maximum Gasteiger partial charge on any atom is 0.169 e. The van der Waals surface area contributed by atoms with E-state index in [9.17, 15) is 0 Å². The molecule has 0 aromatic heterocycles. The fraction of sp³-hybridized carbons (Fsp3) is 1.00. The zero-order chi connectivity index (χ0) is 8.04. The van der Waals surface area contributed by atoms with Crippen molar-refractivity contribution in [2.75, 3.05) is 6.61 Å². The van der Waals surface area contributed by atoms with Crippen LogP contribution in [0.3, 0.4) is 0 Å². The summed E-state index contributed by atoms with van der Waals surface area (Å²) in [6.45, 7) is 4.71. The number of hydrogen-bond acceptors (Lipinski definition) is 3. The van der Waals surface area contributed by atoms with Gasteiger partial charge in [0.2, 0.25) is 0 Å². The Morgan fingerprint density at radius 3 is 2.20 bits per heavy atom. The Kier molecular flexibility index (Phi) is 4.60. The lowest BCUT2D eigenvalue weighted by molar-refractivity contribution is -0.0428. The Hall–Kier alpha value is -0.120. The van der Waals surface area contributed by atoms with Gasteiger partial charge in [-0.1, -0.05) is 20.3 Å². The molecule has 0 amide bonds. The van der Waals surface area contributed by atoms with Gasteiger partial charge in [-0.25, -0.2) is 0 Å². The number of ether oxygens (including phenoxy) is 1. The highest BCUT2D eigenvalue weighted by Gasteiger charge is 2.16. The highest BCUT2D eigenvalue weighted by Crippen LogP contribution is 2.03. The second-order valence-corrected chi connectivity index (χ2v) is 2.55. The van der Waals surface area contributed by atoms with Crippen LogP contribution in [-0.4, -0.2) is 12.5 Å². The summed E-state index contributed by atoms with van der Waals surface area (Å²) >= 11 is 0. The zero-order valence-electron chi connectivity index (χ0n) is 6.89. The lowest BCUT2D eigenvalue weighted by atomic mass is 10.2. The molecule has 0 heterocycles. The lowest BCUT2D eigenvalue weighted by Gasteiger charge is -2.23. The van der Waals surface area contributed by atoms with Gasteiger partial charge in [-0.15, -0.1) is 0 Å². The lowest BCUT2D eigenvalue weighted by Crippen LogP contribution is -2.51. The Bertz CT molecular complexity index is 83.7. The molecule has 0 spiro atoms. The van der Waals surface area contributed by atoms with Crippen molar-refractivity contribution in [2.45, 2.75) is 39.0 Å². The highest BCUT2D eigenvalue weighted by molar-refractivity contribution is 4.62. The minimum absolute atomic E-state index is 0.646. The van der Waals surface area contributed by atoms with Gasteiger partial charge in [0, 0.05) is 6.42 Å². The van der Waals surface area contributed by atoms with Gasteiger partial charge in [-0.05, 0) is 6.42 Å². The third-order valence-electron chi connectivity index (χ3n) is 1.22. The smallest absolute Gasteiger partial charge is 0.169 e. The fourth-order valence-electron chi connectivity index (χ4n) is 0.755. The molecule has 0 radical (unpaired) electrons. The van der Waals surface area contributed by atoms with Crippen LogP contribution >= 0.6 is 0 Å². The van der Waals surface area contributed by atoms with Gasteiger partial charge < -0.3 is 4.74 Å². The van der Waals surface area contributed by atoms with Crippen LogP contribution < -0.4 is 11.5 Å². The first kappa shape index (κ1) is 9.88. The minimum Gasteiger partial charge on any atom is -0.348 e. The van der Waals surface area contributed by atoms with E-state index >= 15 is 0 Å². The molecule has 0 rings (SSSR count). The number of rotatable bonds is 5. The molecule has 0 aliphatic carbocycles. The highest BCUT2D eigenvalue weighted by atomic mass is 16.5. The largest absolute Gasteiger partial charge is 0.348 e. The summed E-state index contributed by atoms with van der Waals surface area (Å²) in [5, 5.41) is 0. The molecule has 4 N–H and O–H groups in total. The third kappa shape index (κ3) is 4.73. The van der Waals surface area contributed by atoms with E-state index in [1.807, 2.05) is 13.8 Å². The van der Waals surface area contributed by atoms with Gasteiger partial charge >= 0.3 is 0 Å². The Morgan fingerprint density at radius 2 is 1.80 bits per heavy atom. The Labute approximate surface area is 62.7 Å². The summed E-state index contributed by atoms with van der Waals surface area (Å²) in [5.41, 5.74) is 11.1. The first-order chi connectivity index (χ1) is 4.62. The Morgan fingerprint density at radius 1 is 1.20 bits per heavy atom. The molecule has 0 bridgehead atoms. The van der Waals surface area contributed by atoms with Crippen LogP contribution in [0, 0.1) is 0 Å². The molecule has 0 saturated carbocycles. The minimum atomic E-state index is -0.898. The first-order valence-corrected chi connectivity index (χ1v) is 3.84. The zero-order valence-corrected chi connectivity index (χ0v) is 6.89. The summed E-state index contributed by atoms with van der Waals surface area (Å²) in [6.07, 6.45) is 2.63. The van der Waals surface area contributed by atoms with Gasteiger partial charge in [-0.2, -0.15) is 0 Å². The van der Waals surface area contributed by atoms with E-state index in [4.69, 9.17) is 16.2 Å². The van der Waals surface area contributed by atoms with Crippen molar-refractivity contribution in [2.24, 2.45) is 11.5 Å². The van der Waals surface area contributed by atoms with E-state index in [-0.39, 0.29) is 0 Å². The van der Waals surface area contributed by atoms with Crippen LogP contribution in [0.1, 0.15) is 33.1 Å². The summed E-state index contributed by atoms with van der Waals surface area (Å²) in [6, 6.07) is 0. The van der Waals surface area contributed by atoms with Crippen molar-refractivity contribution in [3.8, 4) is 0 Å². The topological polar surface area (TPSA) is 61.3 Å². The van der Waals surface area contributed by atoms with Gasteiger partial charge in [0.1, 0.15) is 0 Å². The van der Waals surface area contributed by atoms with Crippen LogP contribution in [0.25, 0.3) is 0 Å².